The smallest absolute Gasteiger partial charge is 0.262 e. The number of piperidine rings is 1. The van der Waals surface area contributed by atoms with Crippen molar-refractivity contribution in [1.82, 2.24) is 15.1 Å². The van der Waals surface area contributed by atoms with Crippen molar-refractivity contribution in [3.8, 4) is 0 Å². The second-order valence-corrected chi connectivity index (χ2v) is 7.73. The molecule has 0 aliphatic carbocycles. The van der Waals surface area contributed by atoms with Crippen molar-refractivity contribution >= 4 is 29.0 Å². The van der Waals surface area contributed by atoms with E-state index in [4.69, 9.17) is 0 Å². The van der Waals surface area contributed by atoms with Crippen molar-refractivity contribution in [2.75, 3.05) is 11.4 Å². The van der Waals surface area contributed by atoms with E-state index in [9.17, 15) is 9.59 Å². The maximum absolute atomic E-state index is 12.9. The molecule has 25 heavy (non-hydrogen) atoms. The van der Waals surface area contributed by atoms with Crippen LogP contribution in [0.3, 0.4) is 0 Å². The highest BCUT2D eigenvalue weighted by atomic mass is 32.1. The average molecular weight is 360 g/mol. The maximum Gasteiger partial charge on any atom is 0.262 e. The van der Waals surface area contributed by atoms with Gasteiger partial charge in [-0.15, -0.1) is 11.3 Å². The first kappa shape index (κ1) is 17.7. The lowest BCUT2D eigenvalue weighted by Crippen LogP contribution is -2.52. The Hall–Kier alpha value is -2.15. The minimum atomic E-state index is -0.482. The number of nitrogens with one attached hydrogen (secondary N) is 1. The van der Waals surface area contributed by atoms with E-state index < -0.39 is 6.04 Å². The van der Waals surface area contributed by atoms with Crippen molar-refractivity contribution < 1.29 is 9.59 Å². The molecule has 0 spiro atoms. The summed E-state index contributed by atoms with van der Waals surface area (Å²) in [6.07, 6.45) is 2.43. The fourth-order valence-corrected chi connectivity index (χ4v) is 4.32. The van der Waals surface area contributed by atoms with E-state index >= 15 is 0 Å². The van der Waals surface area contributed by atoms with E-state index in [2.05, 4.69) is 17.3 Å². The monoisotopic (exact) mass is 360 g/mol. The molecule has 0 radical (unpaired) electrons. The number of aryl methyl sites for hydroxylation is 4. The molecule has 1 fully saturated rings. The number of carbonyl (C=O) groups excluding carboxylic acids is 2. The summed E-state index contributed by atoms with van der Waals surface area (Å²) < 4.78 is 1.72. The molecule has 2 aromatic rings. The van der Waals surface area contributed by atoms with Gasteiger partial charge >= 0.3 is 0 Å². The molecule has 1 saturated heterocycles. The van der Waals surface area contributed by atoms with E-state index in [1.807, 2.05) is 33.0 Å². The van der Waals surface area contributed by atoms with Gasteiger partial charge < -0.3 is 5.32 Å². The molecule has 0 saturated carbocycles. The second-order valence-electron chi connectivity index (χ2n) is 6.47. The Morgan fingerprint density at radius 1 is 1.40 bits per heavy atom. The summed E-state index contributed by atoms with van der Waals surface area (Å²) in [5.74, 6) is 0.558. The van der Waals surface area contributed by atoms with Crippen LogP contribution in [0.25, 0.3) is 0 Å². The van der Waals surface area contributed by atoms with Gasteiger partial charge in [-0.1, -0.05) is 6.92 Å². The van der Waals surface area contributed by atoms with Gasteiger partial charge in [0.15, 0.2) is 0 Å². The fourth-order valence-electron chi connectivity index (χ4n) is 3.30. The van der Waals surface area contributed by atoms with Gasteiger partial charge in [-0.25, -0.2) is 0 Å². The number of thiophene rings is 1. The SMILES string of the molecule is CCc1cc(C(=O)N[C@@H]2CCCN(c3cc(C)nn3C)C2=O)sc1C. The number of carbonyl (C=O) groups is 2. The van der Waals surface area contributed by atoms with Crippen LogP contribution in [0.15, 0.2) is 12.1 Å². The van der Waals surface area contributed by atoms with Crippen LogP contribution in [0, 0.1) is 13.8 Å². The van der Waals surface area contributed by atoms with Gasteiger partial charge in [-0.05, 0) is 44.7 Å². The Morgan fingerprint density at radius 2 is 2.16 bits per heavy atom. The van der Waals surface area contributed by atoms with Gasteiger partial charge in [0, 0.05) is 24.5 Å². The quantitative estimate of drug-likeness (QED) is 0.911. The molecule has 3 heterocycles. The third-order valence-electron chi connectivity index (χ3n) is 4.62. The lowest BCUT2D eigenvalue weighted by Gasteiger charge is -2.32. The number of anilines is 1. The molecule has 3 rings (SSSR count). The Bertz CT molecular complexity index is 808. The number of hydrogen-bond donors (Lipinski definition) is 1. The van der Waals surface area contributed by atoms with Crippen LogP contribution in [0.4, 0.5) is 5.82 Å². The largest absolute Gasteiger partial charge is 0.340 e. The molecule has 0 bridgehead atoms. The van der Waals surface area contributed by atoms with Crippen LogP contribution >= 0.6 is 11.3 Å². The third-order valence-corrected chi connectivity index (χ3v) is 5.71. The summed E-state index contributed by atoms with van der Waals surface area (Å²) in [5, 5.41) is 7.24. The number of rotatable bonds is 4. The van der Waals surface area contributed by atoms with Gasteiger partial charge in [-0.3, -0.25) is 19.2 Å². The molecule has 0 aromatic carbocycles. The van der Waals surface area contributed by atoms with Gasteiger partial charge in [0.1, 0.15) is 11.9 Å². The molecule has 7 heteroatoms. The van der Waals surface area contributed by atoms with Crippen molar-refractivity contribution in [3.63, 3.8) is 0 Å². The Kier molecular flexibility index (Phi) is 4.94. The van der Waals surface area contributed by atoms with Gasteiger partial charge in [0.25, 0.3) is 11.8 Å². The van der Waals surface area contributed by atoms with E-state index in [0.29, 0.717) is 17.8 Å². The van der Waals surface area contributed by atoms with Crippen molar-refractivity contribution in [2.24, 2.45) is 7.05 Å². The summed E-state index contributed by atoms with van der Waals surface area (Å²) in [6, 6.07) is 3.35. The molecular weight excluding hydrogens is 336 g/mol. The summed E-state index contributed by atoms with van der Waals surface area (Å²) in [6.45, 7) is 6.66. The van der Waals surface area contributed by atoms with Gasteiger partial charge in [0.05, 0.1) is 10.6 Å². The van der Waals surface area contributed by atoms with Crippen LogP contribution in [0.5, 0.6) is 0 Å². The van der Waals surface area contributed by atoms with Crippen LogP contribution < -0.4 is 10.2 Å². The highest BCUT2D eigenvalue weighted by Gasteiger charge is 2.32. The number of amides is 2. The lowest BCUT2D eigenvalue weighted by molar-refractivity contribution is -0.121. The highest BCUT2D eigenvalue weighted by molar-refractivity contribution is 7.14. The van der Waals surface area contributed by atoms with Crippen molar-refractivity contribution in [1.29, 1.82) is 0 Å². The van der Waals surface area contributed by atoms with Crippen molar-refractivity contribution in [3.05, 3.63) is 33.1 Å². The standard InChI is InChI=1S/C18H24N4O2S/c1-5-13-10-15(25-12(13)3)17(23)19-14-7-6-8-22(18(14)24)16-9-11(2)20-21(16)4/h9-10,14H,5-8H2,1-4H3,(H,19,23)/t14-/m1/s1. The predicted molar refractivity (Wildman–Crippen MR) is 99.2 cm³/mol. The van der Waals surface area contributed by atoms with Crippen molar-refractivity contribution in [2.45, 2.75) is 46.1 Å². The Labute approximate surface area is 151 Å². The Balaban J connectivity index is 1.74. The van der Waals surface area contributed by atoms with E-state index in [-0.39, 0.29) is 11.8 Å². The average Bonchev–Trinajstić information content (AvgIpc) is 3.11. The lowest BCUT2D eigenvalue weighted by atomic mass is 10.0. The zero-order chi connectivity index (χ0) is 18.1. The number of aromatic nitrogens is 2. The zero-order valence-corrected chi connectivity index (χ0v) is 15.9. The summed E-state index contributed by atoms with van der Waals surface area (Å²) in [5.41, 5.74) is 2.06. The second kappa shape index (κ2) is 7.00. The molecule has 2 aromatic heterocycles. The fraction of sp³-hybridized carbons (Fsp3) is 0.500. The molecule has 1 atom stereocenters. The molecule has 1 aliphatic heterocycles. The predicted octanol–water partition coefficient (Wildman–Crippen LogP) is 2.59. The van der Waals surface area contributed by atoms with Crippen LogP contribution in [0.1, 0.15) is 45.6 Å². The van der Waals surface area contributed by atoms with Crippen LogP contribution in [-0.4, -0.2) is 34.2 Å². The number of nitrogens with zero attached hydrogens (tertiary/aromatic N) is 3. The highest BCUT2D eigenvalue weighted by Crippen LogP contribution is 2.24. The summed E-state index contributed by atoms with van der Waals surface area (Å²) in [7, 11) is 1.83. The van der Waals surface area contributed by atoms with Crippen LogP contribution in [-0.2, 0) is 18.3 Å². The maximum atomic E-state index is 12.9. The number of hydrogen-bond acceptors (Lipinski definition) is 4. The minimum absolute atomic E-state index is 0.0633. The topological polar surface area (TPSA) is 67.2 Å². The zero-order valence-electron chi connectivity index (χ0n) is 15.1. The van der Waals surface area contributed by atoms with Gasteiger partial charge in [-0.2, -0.15) is 5.10 Å². The van der Waals surface area contributed by atoms with E-state index in [1.165, 1.54) is 16.9 Å². The third kappa shape index (κ3) is 3.46. The molecule has 6 nitrogen and oxygen atoms in total. The first-order valence-electron chi connectivity index (χ1n) is 8.63. The summed E-state index contributed by atoms with van der Waals surface area (Å²) in [4.78, 5) is 29.0. The molecule has 2 amide bonds. The molecule has 1 aliphatic rings. The van der Waals surface area contributed by atoms with Crippen LogP contribution in [0.2, 0.25) is 0 Å². The summed E-state index contributed by atoms with van der Waals surface area (Å²) >= 11 is 1.49. The van der Waals surface area contributed by atoms with E-state index in [0.717, 1.165) is 29.2 Å². The first-order valence-corrected chi connectivity index (χ1v) is 9.44. The molecule has 0 unspecified atom stereocenters. The minimum Gasteiger partial charge on any atom is -0.340 e. The molecule has 1 N–H and O–H groups in total. The van der Waals surface area contributed by atoms with E-state index in [1.54, 1.807) is 9.58 Å². The van der Waals surface area contributed by atoms with Gasteiger partial charge in [0.2, 0.25) is 0 Å². The normalized spacial score (nSPS) is 17.8. The Morgan fingerprint density at radius 3 is 2.76 bits per heavy atom. The molecule has 134 valence electrons. The first-order chi connectivity index (χ1) is 11.9. The molecular formula is C18H24N4O2S.